The fraction of sp³-hybridized carbons (Fsp3) is 0.571. The Morgan fingerprint density at radius 2 is 2.00 bits per heavy atom. The van der Waals surface area contributed by atoms with Gasteiger partial charge in [-0.1, -0.05) is 12.8 Å². The lowest BCUT2D eigenvalue weighted by atomic mass is 10.2. The molecule has 7 heteroatoms. The molecule has 0 amide bonds. The zero-order chi connectivity index (χ0) is 15.4. The topological polar surface area (TPSA) is 90.6 Å². The number of methoxy groups -OCH3 is 1. The number of hydrogen-bond acceptors (Lipinski definition) is 7. The molecule has 1 fully saturated rings. The van der Waals surface area contributed by atoms with E-state index in [2.05, 4.69) is 5.32 Å². The Morgan fingerprint density at radius 1 is 1.33 bits per heavy atom. The van der Waals surface area contributed by atoms with Gasteiger partial charge in [0, 0.05) is 6.04 Å². The zero-order valence-corrected chi connectivity index (χ0v) is 13.0. The second-order valence-corrected chi connectivity index (χ2v) is 5.91. The van der Waals surface area contributed by atoms with E-state index in [1.807, 2.05) is 0 Å². The SMILES string of the molecule is CCOC(=O)c1sc(NC2CCCC2)c(C(=O)OC)c1N. The molecule has 0 bridgehead atoms. The molecule has 6 nitrogen and oxygen atoms in total. The minimum absolute atomic E-state index is 0.130. The Morgan fingerprint density at radius 3 is 2.57 bits per heavy atom. The zero-order valence-electron chi connectivity index (χ0n) is 12.2. The molecule has 1 heterocycles. The Hall–Kier alpha value is -1.76. The van der Waals surface area contributed by atoms with Crippen molar-refractivity contribution in [3.05, 3.63) is 10.4 Å². The van der Waals surface area contributed by atoms with Crippen LogP contribution in [-0.4, -0.2) is 31.7 Å². The lowest BCUT2D eigenvalue weighted by Crippen LogP contribution is -2.16. The standard InChI is InChI=1S/C14H20N2O4S/c1-3-20-14(18)11-10(15)9(13(17)19-2)12(21-11)16-8-6-4-5-7-8/h8,16H,3-7,15H2,1-2H3. The van der Waals surface area contributed by atoms with Gasteiger partial charge in [-0.25, -0.2) is 9.59 Å². The summed E-state index contributed by atoms with van der Waals surface area (Å²) in [5.41, 5.74) is 6.32. The lowest BCUT2D eigenvalue weighted by molar-refractivity contribution is 0.0533. The Balaban J connectivity index is 2.34. The van der Waals surface area contributed by atoms with Gasteiger partial charge in [-0.05, 0) is 19.8 Å². The highest BCUT2D eigenvalue weighted by atomic mass is 32.1. The first-order valence-electron chi connectivity index (χ1n) is 7.02. The largest absolute Gasteiger partial charge is 0.465 e. The maximum absolute atomic E-state index is 11.9. The van der Waals surface area contributed by atoms with Crippen LogP contribution in [0.1, 0.15) is 52.6 Å². The number of ether oxygens (including phenoxy) is 2. The number of nitrogens with one attached hydrogen (secondary N) is 1. The number of carbonyl (C=O) groups is 2. The summed E-state index contributed by atoms with van der Waals surface area (Å²) in [5.74, 6) is -1.05. The number of thiophene rings is 1. The van der Waals surface area contributed by atoms with E-state index < -0.39 is 11.9 Å². The summed E-state index contributed by atoms with van der Waals surface area (Å²) in [5, 5.41) is 3.90. The first-order valence-corrected chi connectivity index (χ1v) is 7.84. The molecule has 0 saturated heterocycles. The first-order chi connectivity index (χ1) is 10.1. The molecule has 1 saturated carbocycles. The van der Waals surface area contributed by atoms with Crippen molar-refractivity contribution in [2.75, 3.05) is 24.8 Å². The van der Waals surface area contributed by atoms with E-state index >= 15 is 0 Å². The number of nitrogens with two attached hydrogens (primary N) is 1. The number of rotatable bonds is 5. The Labute approximate surface area is 127 Å². The molecule has 0 spiro atoms. The molecule has 1 aromatic rings. The molecular weight excluding hydrogens is 292 g/mol. The van der Waals surface area contributed by atoms with Crippen LogP contribution in [0.5, 0.6) is 0 Å². The summed E-state index contributed by atoms with van der Waals surface area (Å²) in [4.78, 5) is 24.1. The quantitative estimate of drug-likeness (QED) is 0.812. The van der Waals surface area contributed by atoms with Crippen LogP contribution in [0.2, 0.25) is 0 Å². The number of carbonyl (C=O) groups excluding carboxylic acids is 2. The molecule has 0 atom stereocenters. The second kappa shape index (κ2) is 6.80. The fourth-order valence-electron chi connectivity index (χ4n) is 2.45. The summed E-state index contributed by atoms with van der Waals surface area (Å²) in [7, 11) is 1.29. The predicted octanol–water partition coefficient (Wildman–Crippen LogP) is 2.65. The fourth-order valence-corrected chi connectivity index (χ4v) is 3.53. The predicted molar refractivity (Wildman–Crippen MR) is 81.9 cm³/mol. The van der Waals surface area contributed by atoms with Gasteiger partial charge in [-0.3, -0.25) is 0 Å². The minimum Gasteiger partial charge on any atom is -0.465 e. The van der Waals surface area contributed by atoms with Crippen LogP contribution in [0.4, 0.5) is 10.7 Å². The van der Waals surface area contributed by atoms with Crippen molar-refractivity contribution >= 4 is 34.0 Å². The third-order valence-corrected chi connectivity index (χ3v) is 4.60. The first kappa shape index (κ1) is 15.6. The number of hydrogen-bond donors (Lipinski definition) is 2. The maximum Gasteiger partial charge on any atom is 0.350 e. The van der Waals surface area contributed by atoms with Crippen molar-refractivity contribution in [2.45, 2.75) is 38.6 Å². The molecule has 116 valence electrons. The Kier molecular flexibility index (Phi) is 5.06. The maximum atomic E-state index is 11.9. The van der Waals surface area contributed by atoms with Crippen LogP contribution in [-0.2, 0) is 9.47 Å². The molecule has 1 aliphatic carbocycles. The highest BCUT2D eigenvalue weighted by Gasteiger charge is 2.28. The van der Waals surface area contributed by atoms with E-state index in [0.29, 0.717) is 11.0 Å². The normalized spacial score (nSPS) is 15.0. The van der Waals surface area contributed by atoms with Crippen LogP contribution in [0.15, 0.2) is 0 Å². The van der Waals surface area contributed by atoms with Gasteiger partial charge in [0.2, 0.25) is 0 Å². The van der Waals surface area contributed by atoms with Crippen molar-refractivity contribution in [3.8, 4) is 0 Å². The van der Waals surface area contributed by atoms with Gasteiger partial charge in [0.1, 0.15) is 15.4 Å². The molecule has 1 aliphatic rings. The van der Waals surface area contributed by atoms with Crippen molar-refractivity contribution in [1.82, 2.24) is 0 Å². The Bertz CT molecular complexity index is 535. The van der Waals surface area contributed by atoms with E-state index in [9.17, 15) is 9.59 Å². The van der Waals surface area contributed by atoms with Crippen molar-refractivity contribution in [2.24, 2.45) is 0 Å². The highest BCUT2D eigenvalue weighted by Crippen LogP contribution is 2.38. The van der Waals surface area contributed by atoms with Crippen LogP contribution < -0.4 is 11.1 Å². The van der Waals surface area contributed by atoms with Gasteiger partial charge in [-0.2, -0.15) is 0 Å². The van der Waals surface area contributed by atoms with E-state index in [4.69, 9.17) is 15.2 Å². The lowest BCUT2D eigenvalue weighted by Gasteiger charge is -2.12. The summed E-state index contributed by atoms with van der Waals surface area (Å²) < 4.78 is 9.74. The van der Waals surface area contributed by atoms with Gasteiger partial charge in [0.15, 0.2) is 0 Å². The van der Waals surface area contributed by atoms with Crippen LogP contribution in [0, 0.1) is 0 Å². The molecule has 0 radical (unpaired) electrons. The van der Waals surface area contributed by atoms with E-state index in [1.54, 1.807) is 6.92 Å². The molecular formula is C14H20N2O4S. The smallest absolute Gasteiger partial charge is 0.350 e. The van der Waals surface area contributed by atoms with Gasteiger partial charge in [0.05, 0.1) is 19.4 Å². The number of nitrogen functional groups attached to an aromatic ring is 1. The third-order valence-electron chi connectivity index (χ3n) is 3.49. The van der Waals surface area contributed by atoms with Crippen molar-refractivity contribution in [3.63, 3.8) is 0 Å². The highest BCUT2D eigenvalue weighted by molar-refractivity contribution is 7.19. The van der Waals surface area contributed by atoms with Gasteiger partial charge >= 0.3 is 11.9 Å². The number of anilines is 2. The molecule has 1 aromatic heterocycles. The summed E-state index contributed by atoms with van der Waals surface area (Å²) >= 11 is 1.15. The van der Waals surface area contributed by atoms with Crippen LogP contribution in [0.3, 0.4) is 0 Å². The van der Waals surface area contributed by atoms with Gasteiger partial charge in [0.25, 0.3) is 0 Å². The summed E-state index contributed by atoms with van der Waals surface area (Å²) in [6, 6.07) is 0.307. The van der Waals surface area contributed by atoms with Crippen molar-refractivity contribution < 1.29 is 19.1 Å². The molecule has 21 heavy (non-hydrogen) atoms. The van der Waals surface area contributed by atoms with E-state index in [-0.39, 0.29) is 22.7 Å². The average molecular weight is 312 g/mol. The molecule has 0 aliphatic heterocycles. The van der Waals surface area contributed by atoms with E-state index in [1.165, 1.54) is 7.11 Å². The molecule has 2 rings (SSSR count). The molecule has 0 aromatic carbocycles. The molecule has 0 unspecified atom stereocenters. The third kappa shape index (κ3) is 3.29. The molecule has 3 N–H and O–H groups in total. The van der Waals surface area contributed by atoms with Gasteiger partial charge < -0.3 is 20.5 Å². The van der Waals surface area contributed by atoms with Crippen LogP contribution in [0.25, 0.3) is 0 Å². The number of esters is 2. The minimum atomic E-state index is -0.542. The summed E-state index contributed by atoms with van der Waals surface area (Å²) in [6.45, 7) is 1.98. The average Bonchev–Trinajstić information content (AvgIpc) is 3.07. The van der Waals surface area contributed by atoms with Crippen LogP contribution >= 0.6 is 11.3 Å². The van der Waals surface area contributed by atoms with Crippen molar-refractivity contribution in [1.29, 1.82) is 0 Å². The summed E-state index contributed by atoms with van der Waals surface area (Å²) in [6.07, 6.45) is 4.42. The van der Waals surface area contributed by atoms with E-state index in [0.717, 1.165) is 37.0 Å². The monoisotopic (exact) mass is 312 g/mol. The second-order valence-electron chi connectivity index (χ2n) is 4.89. The van der Waals surface area contributed by atoms with Gasteiger partial charge in [-0.15, -0.1) is 11.3 Å².